The van der Waals surface area contributed by atoms with Crippen LogP contribution in [0, 0.1) is 0 Å². The topological polar surface area (TPSA) is 63.2 Å². The van der Waals surface area contributed by atoms with E-state index in [0.29, 0.717) is 49.0 Å². The van der Waals surface area contributed by atoms with E-state index in [-0.39, 0.29) is 12.4 Å². The molecule has 2 N–H and O–H groups in total. The summed E-state index contributed by atoms with van der Waals surface area (Å²) >= 11 is 0. The van der Waals surface area contributed by atoms with Gasteiger partial charge in [-0.05, 0) is 17.7 Å². The molecule has 0 spiro atoms. The van der Waals surface area contributed by atoms with E-state index in [4.69, 9.17) is 14.2 Å². The summed E-state index contributed by atoms with van der Waals surface area (Å²) in [6.45, 7) is 0.900. The molecule has 1 atom stereocenters. The van der Waals surface area contributed by atoms with Crippen molar-refractivity contribution in [2.24, 2.45) is 0 Å². The molecule has 6 nitrogen and oxygen atoms in total. The number of alkyl halides is 2. The van der Waals surface area contributed by atoms with Gasteiger partial charge in [-0.15, -0.1) is 12.4 Å². The van der Waals surface area contributed by atoms with Crippen LogP contribution in [0.2, 0.25) is 0 Å². The van der Waals surface area contributed by atoms with Crippen LogP contribution in [0.15, 0.2) is 12.1 Å². The number of nitrogens with one attached hydrogen (secondary N) is 1. The molecule has 0 aliphatic carbocycles. The van der Waals surface area contributed by atoms with Gasteiger partial charge in [0.25, 0.3) is 5.92 Å². The normalized spacial score (nSPS) is 16.7. The lowest BCUT2D eigenvalue weighted by Gasteiger charge is -2.39. The van der Waals surface area contributed by atoms with Crippen molar-refractivity contribution in [2.75, 3.05) is 54.1 Å². The van der Waals surface area contributed by atoms with Crippen molar-refractivity contribution in [2.45, 2.75) is 12.0 Å². The largest absolute Gasteiger partial charge is 0.493 e. The molecule has 1 saturated heterocycles. The number of aliphatic hydroxyl groups excluding tert-OH is 1. The maximum absolute atomic E-state index is 14.5. The van der Waals surface area contributed by atoms with Crippen molar-refractivity contribution in [3.8, 4) is 17.2 Å². The van der Waals surface area contributed by atoms with Gasteiger partial charge in [0.2, 0.25) is 5.75 Å². The second kappa shape index (κ2) is 9.38. The Kier molecular flexibility index (Phi) is 8.14. The summed E-state index contributed by atoms with van der Waals surface area (Å²) in [4.78, 5) is 1.66. The van der Waals surface area contributed by atoms with E-state index >= 15 is 0 Å². The summed E-state index contributed by atoms with van der Waals surface area (Å²) in [5.74, 6) is -2.35. The molecular formula is C16H25ClF2N2O4. The highest BCUT2D eigenvalue weighted by molar-refractivity contribution is 5.85. The fourth-order valence-corrected chi connectivity index (χ4v) is 3.01. The standard InChI is InChI=1S/C16H24F2N2O4.ClH/c1-22-12-8-11(9-13(23-2)14(12)24-3)15(16(17,18)10-21)20-6-4-19-5-7-20;/h8-9,15,19,21H,4-7,10H2,1-3H3;1H/t15-;/m1./s1. The molecule has 0 saturated carbocycles. The minimum absolute atomic E-state index is 0. The minimum Gasteiger partial charge on any atom is -0.493 e. The third-order valence-corrected chi connectivity index (χ3v) is 4.13. The number of ether oxygens (including phenoxy) is 3. The Morgan fingerprint density at radius 3 is 2.04 bits per heavy atom. The fraction of sp³-hybridized carbons (Fsp3) is 0.625. The number of benzene rings is 1. The first-order valence-corrected chi connectivity index (χ1v) is 7.71. The number of aliphatic hydroxyl groups is 1. The first-order valence-electron chi connectivity index (χ1n) is 7.71. The van der Waals surface area contributed by atoms with E-state index in [2.05, 4.69) is 5.32 Å². The Morgan fingerprint density at radius 1 is 1.12 bits per heavy atom. The number of piperazine rings is 1. The maximum atomic E-state index is 14.5. The van der Waals surface area contributed by atoms with Gasteiger partial charge in [0.15, 0.2) is 11.5 Å². The highest BCUT2D eigenvalue weighted by Crippen LogP contribution is 2.44. The lowest BCUT2D eigenvalue weighted by molar-refractivity contribution is -0.118. The van der Waals surface area contributed by atoms with Gasteiger partial charge in [-0.25, -0.2) is 8.78 Å². The van der Waals surface area contributed by atoms with E-state index in [0.717, 1.165) is 0 Å². The molecule has 0 radical (unpaired) electrons. The van der Waals surface area contributed by atoms with Gasteiger partial charge in [0.1, 0.15) is 12.6 Å². The Hall–Kier alpha value is -1.35. The van der Waals surface area contributed by atoms with Crippen molar-refractivity contribution in [1.29, 1.82) is 0 Å². The van der Waals surface area contributed by atoms with Crippen LogP contribution in [-0.4, -0.2) is 70.0 Å². The second-order valence-electron chi connectivity index (χ2n) is 5.57. The fourth-order valence-electron chi connectivity index (χ4n) is 3.01. The summed E-state index contributed by atoms with van der Waals surface area (Å²) in [5, 5.41) is 12.4. The number of methoxy groups -OCH3 is 3. The zero-order valence-electron chi connectivity index (χ0n) is 14.6. The van der Waals surface area contributed by atoms with Crippen molar-refractivity contribution in [3.05, 3.63) is 17.7 Å². The van der Waals surface area contributed by atoms with Crippen LogP contribution >= 0.6 is 12.4 Å². The lowest BCUT2D eigenvalue weighted by atomic mass is 9.97. The van der Waals surface area contributed by atoms with E-state index in [1.807, 2.05) is 0 Å². The average Bonchev–Trinajstić information content (AvgIpc) is 2.61. The van der Waals surface area contributed by atoms with Gasteiger partial charge < -0.3 is 24.6 Å². The highest BCUT2D eigenvalue weighted by Gasteiger charge is 2.44. The highest BCUT2D eigenvalue weighted by atomic mass is 35.5. The Labute approximate surface area is 152 Å². The SMILES string of the molecule is COc1cc([C@@H](N2CCNCC2)C(F)(F)CO)cc(OC)c1OC.Cl. The maximum Gasteiger partial charge on any atom is 0.289 e. The third kappa shape index (κ3) is 4.63. The molecule has 1 fully saturated rings. The summed E-state index contributed by atoms with van der Waals surface area (Å²) in [6.07, 6.45) is 0. The van der Waals surface area contributed by atoms with E-state index in [1.165, 1.54) is 33.5 Å². The summed E-state index contributed by atoms with van der Waals surface area (Å²) in [6, 6.07) is 1.74. The van der Waals surface area contributed by atoms with Gasteiger partial charge >= 0.3 is 0 Å². The third-order valence-electron chi connectivity index (χ3n) is 4.13. The molecule has 1 aliphatic heterocycles. The van der Waals surface area contributed by atoms with Crippen molar-refractivity contribution < 1.29 is 28.1 Å². The van der Waals surface area contributed by atoms with Crippen molar-refractivity contribution >= 4 is 12.4 Å². The predicted molar refractivity (Wildman–Crippen MR) is 92.6 cm³/mol. The molecule has 0 unspecified atom stereocenters. The van der Waals surface area contributed by atoms with Crippen molar-refractivity contribution in [3.63, 3.8) is 0 Å². The molecule has 144 valence electrons. The van der Waals surface area contributed by atoms with Crippen molar-refractivity contribution in [1.82, 2.24) is 10.2 Å². The van der Waals surface area contributed by atoms with E-state index in [1.54, 1.807) is 4.90 Å². The Balaban J connectivity index is 0.00000312. The monoisotopic (exact) mass is 382 g/mol. The molecule has 1 aliphatic rings. The number of hydrogen-bond donors (Lipinski definition) is 2. The van der Waals surface area contributed by atoms with Crippen LogP contribution in [0.4, 0.5) is 8.78 Å². The average molecular weight is 383 g/mol. The van der Waals surface area contributed by atoms with Gasteiger partial charge in [-0.1, -0.05) is 0 Å². The van der Waals surface area contributed by atoms with Gasteiger partial charge in [0.05, 0.1) is 21.3 Å². The smallest absolute Gasteiger partial charge is 0.289 e. The molecule has 25 heavy (non-hydrogen) atoms. The van der Waals surface area contributed by atoms with Crippen LogP contribution in [0.3, 0.4) is 0 Å². The Bertz CT molecular complexity index is 532. The first kappa shape index (κ1) is 21.7. The van der Waals surface area contributed by atoms with Crippen LogP contribution in [0.5, 0.6) is 17.2 Å². The number of rotatable bonds is 7. The molecule has 2 rings (SSSR count). The molecule has 0 bridgehead atoms. The van der Waals surface area contributed by atoms with Crippen LogP contribution in [0.1, 0.15) is 11.6 Å². The summed E-state index contributed by atoms with van der Waals surface area (Å²) < 4.78 is 44.8. The van der Waals surface area contributed by atoms with E-state index < -0.39 is 18.6 Å². The number of nitrogens with zero attached hydrogens (tertiary/aromatic N) is 1. The molecular weight excluding hydrogens is 358 g/mol. The molecule has 9 heteroatoms. The quantitative estimate of drug-likeness (QED) is 0.748. The molecule has 1 aromatic carbocycles. The minimum atomic E-state index is -3.30. The zero-order valence-corrected chi connectivity index (χ0v) is 15.4. The number of hydrogen-bond acceptors (Lipinski definition) is 6. The lowest BCUT2D eigenvalue weighted by Crippen LogP contribution is -2.51. The predicted octanol–water partition coefficient (Wildman–Crippen LogP) is 1.71. The van der Waals surface area contributed by atoms with Gasteiger partial charge in [-0.3, -0.25) is 4.90 Å². The second-order valence-corrected chi connectivity index (χ2v) is 5.57. The Morgan fingerprint density at radius 2 is 1.64 bits per heavy atom. The molecule has 1 heterocycles. The summed E-state index contributed by atoms with van der Waals surface area (Å²) in [7, 11) is 4.33. The van der Waals surface area contributed by atoms with Crippen LogP contribution in [0.25, 0.3) is 0 Å². The molecule has 0 amide bonds. The summed E-state index contributed by atoms with van der Waals surface area (Å²) in [5.41, 5.74) is 0.311. The first-order chi connectivity index (χ1) is 11.5. The number of halogens is 3. The molecule has 1 aromatic rings. The van der Waals surface area contributed by atoms with Crippen LogP contribution < -0.4 is 19.5 Å². The zero-order chi connectivity index (χ0) is 17.7. The molecule has 0 aromatic heterocycles. The van der Waals surface area contributed by atoms with Gasteiger partial charge in [-0.2, -0.15) is 0 Å². The van der Waals surface area contributed by atoms with E-state index in [9.17, 15) is 13.9 Å². The van der Waals surface area contributed by atoms with Crippen LogP contribution in [-0.2, 0) is 0 Å². The van der Waals surface area contributed by atoms with Gasteiger partial charge in [0, 0.05) is 26.2 Å².